The van der Waals surface area contributed by atoms with Crippen LogP contribution in [0.4, 0.5) is 31.5 Å². The molecule has 362 valence electrons. The average molecular weight is 1060 g/mol. The van der Waals surface area contributed by atoms with Gasteiger partial charge in [0.2, 0.25) is 0 Å². The van der Waals surface area contributed by atoms with Crippen LogP contribution < -0.4 is 18.1 Å². The van der Waals surface area contributed by atoms with E-state index in [1.165, 1.54) is 85.8 Å². The molecular formula is C45H38Cl2F2N4O12S4. The molecule has 24 heteroatoms. The summed E-state index contributed by atoms with van der Waals surface area (Å²) in [5, 5.41) is 8.86. The second-order valence-electron chi connectivity index (χ2n) is 15.3. The maximum Gasteiger partial charge on any atom is 0.412 e. The highest BCUT2D eigenvalue weighted by molar-refractivity contribution is 7.93. The summed E-state index contributed by atoms with van der Waals surface area (Å²) in [5.74, 6) is -4.63. The molecule has 0 atom stereocenters. The van der Waals surface area contributed by atoms with Gasteiger partial charge in [0.05, 0.1) is 43.9 Å². The van der Waals surface area contributed by atoms with Gasteiger partial charge in [0.1, 0.15) is 14.7 Å². The van der Waals surface area contributed by atoms with E-state index in [9.17, 15) is 57.1 Å². The molecule has 0 radical (unpaired) electrons. The first kappa shape index (κ1) is 50.6. The summed E-state index contributed by atoms with van der Waals surface area (Å²) in [6, 6.07) is 27.6. The molecule has 2 aliphatic heterocycles. The highest BCUT2D eigenvalue weighted by Crippen LogP contribution is 2.38. The molecule has 6 aromatic carbocycles. The smallest absolute Gasteiger partial charge is 0.412 e. The summed E-state index contributed by atoms with van der Waals surface area (Å²) in [7, 11) is -17.6. The first-order valence-electron chi connectivity index (χ1n) is 20.4. The largest absolute Gasteiger partial charge is 0.478 e. The Balaban J connectivity index is 0.000000204. The number of rotatable bonds is 12. The van der Waals surface area contributed by atoms with Crippen LogP contribution in [0.2, 0.25) is 10.0 Å². The highest BCUT2D eigenvalue weighted by atomic mass is 35.5. The minimum atomic E-state index is -4.54. The number of fused-ring (bicyclic) bond motifs is 2. The van der Waals surface area contributed by atoms with Gasteiger partial charge in [0, 0.05) is 13.1 Å². The van der Waals surface area contributed by atoms with Crippen molar-refractivity contribution in [2.75, 3.05) is 31.1 Å². The third kappa shape index (κ3) is 10.8. The maximum atomic E-state index is 14.3. The Hall–Kier alpha value is -6.30. The first-order valence-corrected chi connectivity index (χ1v) is 26.9. The van der Waals surface area contributed by atoms with Crippen LogP contribution in [0.3, 0.4) is 0 Å². The van der Waals surface area contributed by atoms with Crippen molar-refractivity contribution in [3.8, 4) is 0 Å². The molecule has 16 nitrogen and oxygen atoms in total. The van der Waals surface area contributed by atoms with Crippen LogP contribution in [-0.4, -0.2) is 63.8 Å². The van der Waals surface area contributed by atoms with Gasteiger partial charge in [-0.15, -0.1) is 0 Å². The van der Waals surface area contributed by atoms with Crippen molar-refractivity contribution in [3.05, 3.63) is 171 Å². The van der Waals surface area contributed by atoms with Crippen molar-refractivity contribution < 1.29 is 61.3 Å². The summed E-state index contributed by atoms with van der Waals surface area (Å²) >= 11 is 11.4. The molecule has 0 aliphatic carbocycles. The van der Waals surface area contributed by atoms with E-state index in [1.807, 2.05) is 0 Å². The Kier molecular flexibility index (Phi) is 14.6. The zero-order valence-corrected chi connectivity index (χ0v) is 40.5. The van der Waals surface area contributed by atoms with Crippen LogP contribution in [0.5, 0.6) is 0 Å². The molecule has 2 heterocycles. The van der Waals surface area contributed by atoms with E-state index in [0.717, 1.165) is 20.7 Å². The van der Waals surface area contributed by atoms with Gasteiger partial charge in [-0.25, -0.2) is 47.9 Å². The standard InChI is InChI=1S/C23H20ClFN2O6S2.C22H18ClFN2O6S2/c1-14-5-2-7-17(23(28)29)22(14)35(32,33)27-12-4-6-15-10-11-16(13-19(15)27)26-34(30,31)20-9-3-8-18(24)21(20)25;23-18-9-4-10-20(21(18)24)33(28,29)25-17-12-11-15-8-5-13-26(19(15)14-17)34(30,31)32-22(27)16-6-2-1-3-7-16/h2-3,5,7-11,13,26H,4,6,12H2,1H3,(H,28,29);1-4,6-7,9-12,14,25H,5,8,13H2. The number of carbonyl (C=O) groups excluding carboxylic acids is 1. The summed E-state index contributed by atoms with van der Waals surface area (Å²) < 4.78 is 144. The van der Waals surface area contributed by atoms with Gasteiger partial charge in [-0.1, -0.05) is 77.8 Å². The van der Waals surface area contributed by atoms with Gasteiger partial charge < -0.3 is 9.29 Å². The van der Waals surface area contributed by atoms with Gasteiger partial charge in [-0.05, 0) is 116 Å². The van der Waals surface area contributed by atoms with E-state index < -0.39 is 73.7 Å². The predicted octanol–water partition coefficient (Wildman–Crippen LogP) is 8.56. The van der Waals surface area contributed by atoms with Crippen LogP contribution in [0.1, 0.15) is 50.2 Å². The number of hydrogen-bond acceptors (Lipinski definition) is 11. The van der Waals surface area contributed by atoms with Crippen molar-refractivity contribution in [2.24, 2.45) is 0 Å². The molecule has 3 N–H and O–H groups in total. The lowest BCUT2D eigenvalue weighted by Gasteiger charge is -2.31. The number of hydrogen-bond donors (Lipinski definition) is 3. The summed E-state index contributed by atoms with van der Waals surface area (Å²) in [6.45, 7) is 1.60. The van der Waals surface area contributed by atoms with Crippen molar-refractivity contribution in [1.29, 1.82) is 0 Å². The second-order valence-corrected chi connectivity index (χ2v) is 22.7. The van der Waals surface area contributed by atoms with Gasteiger partial charge in [-0.3, -0.25) is 13.7 Å². The van der Waals surface area contributed by atoms with E-state index in [0.29, 0.717) is 36.8 Å². The Bertz CT molecular complexity index is 3480. The van der Waals surface area contributed by atoms with E-state index in [4.69, 9.17) is 27.4 Å². The molecule has 0 fully saturated rings. The SMILES string of the molecule is Cc1cccc(C(=O)O)c1S(=O)(=O)N1CCCc2ccc(NS(=O)(=O)c3cccc(Cl)c3F)cc21.O=C(OS(=O)(=O)N1CCCc2ccc(NS(=O)(=O)c3cccc(Cl)c3F)cc21)c1ccccc1. The zero-order valence-electron chi connectivity index (χ0n) is 35.8. The lowest BCUT2D eigenvalue weighted by molar-refractivity contribution is 0.0690. The van der Waals surface area contributed by atoms with Gasteiger partial charge in [0.25, 0.3) is 30.1 Å². The molecule has 0 unspecified atom stereocenters. The van der Waals surface area contributed by atoms with Crippen LogP contribution in [0.15, 0.2) is 136 Å². The molecule has 0 saturated carbocycles. The van der Waals surface area contributed by atoms with Crippen LogP contribution in [-0.2, 0) is 57.4 Å². The Morgan fingerprint density at radius 2 is 1.10 bits per heavy atom. The van der Waals surface area contributed by atoms with Crippen LogP contribution in [0, 0.1) is 18.6 Å². The minimum Gasteiger partial charge on any atom is -0.478 e. The van der Waals surface area contributed by atoms with Crippen molar-refractivity contribution in [2.45, 2.75) is 47.3 Å². The van der Waals surface area contributed by atoms with Crippen LogP contribution in [0.25, 0.3) is 0 Å². The Labute approximate surface area is 406 Å². The van der Waals surface area contributed by atoms with E-state index in [2.05, 4.69) is 9.44 Å². The quantitative estimate of drug-likeness (QED) is 0.105. The number of halogens is 4. The number of carboxylic acid groups (broad SMARTS) is 1. The number of aryl methyl sites for hydroxylation is 3. The molecule has 69 heavy (non-hydrogen) atoms. The number of sulfonamides is 3. The molecule has 0 spiro atoms. The number of nitrogens with zero attached hydrogens (tertiary/aromatic N) is 2. The average Bonchev–Trinajstić information content (AvgIpc) is 3.30. The lowest BCUT2D eigenvalue weighted by atomic mass is 10.0. The third-order valence-electron chi connectivity index (χ3n) is 10.7. The lowest BCUT2D eigenvalue weighted by Crippen LogP contribution is -2.38. The highest BCUT2D eigenvalue weighted by Gasteiger charge is 2.35. The van der Waals surface area contributed by atoms with E-state index in [1.54, 1.807) is 30.3 Å². The molecule has 8 rings (SSSR count). The van der Waals surface area contributed by atoms with E-state index >= 15 is 0 Å². The molecular weight excluding hydrogens is 1030 g/mol. The van der Waals surface area contributed by atoms with Crippen molar-refractivity contribution in [3.63, 3.8) is 0 Å². The molecule has 6 aromatic rings. The van der Waals surface area contributed by atoms with Crippen molar-refractivity contribution >= 4 is 98.3 Å². The molecule has 2 aliphatic rings. The topological polar surface area (TPSA) is 231 Å². The Morgan fingerprint density at radius 1 is 0.623 bits per heavy atom. The number of aromatic carboxylic acids is 1. The number of carbonyl (C=O) groups is 2. The third-order valence-corrected chi connectivity index (χ3v) is 17.4. The van der Waals surface area contributed by atoms with Crippen molar-refractivity contribution in [1.82, 2.24) is 0 Å². The van der Waals surface area contributed by atoms with Gasteiger partial charge in [-0.2, -0.15) is 8.42 Å². The number of benzene rings is 6. The number of nitrogens with one attached hydrogen (secondary N) is 2. The zero-order chi connectivity index (χ0) is 50.1. The molecule has 0 amide bonds. The first-order chi connectivity index (χ1) is 32.5. The fraction of sp³-hybridized carbons (Fsp3) is 0.156. The predicted molar refractivity (Wildman–Crippen MR) is 255 cm³/mol. The monoisotopic (exact) mass is 1060 g/mol. The number of carboxylic acids is 1. The van der Waals surface area contributed by atoms with E-state index in [-0.39, 0.29) is 67.5 Å². The maximum absolute atomic E-state index is 14.3. The summed E-state index contributed by atoms with van der Waals surface area (Å²) in [5.41, 5.74) is 1.60. The fourth-order valence-corrected chi connectivity index (χ4v) is 13.4. The Morgan fingerprint density at radius 3 is 1.61 bits per heavy atom. The normalized spacial score (nSPS) is 13.8. The summed E-state index contributed by atoms with van der Waals surface area (Å²) in [4.78, 5) is 22.4. The minimum absolute atomic E-state index is 0.00499. The molecule has 0 saturated heterocycles. The van der Waals surface area contributed by atoms with Crippen LogP contribution >= 0.6 is 23.2 Å². The van der Waals surface area contributed by atoms with Gasteiger partial charge in [0.15, 0.2) is 11.6 Å². The molecule has 0 aromatic heterocycles. The number of anilines is 4. The molecule has 0 bridgehead atoms. The fourth-order valence-electron chi connectivity index (χ4n) is 7.53. The van der Waals surface area contributed by atoms with Gasteiger partial charge >= 0.3 is 22.2 Å². The second kappa shape index (κ2) is 20.0. The summed E-state index contributed by atoms with van der Waals surface area (Å²) in [6.07, 6.45) is 2.02.